The third-order valence-electron chi connectivity index (χ3n) is 3.35. The number of hydrazine groups is 1. The van der Waals surface area contributed by atoms with E-state index in [1.165, 1.54) is 12.1 Å². The second kappa shape index (κ2) is 5.38. The first-order chi connectivity index (χ1) is 8.20. The van der Waals surface area contributed by atoms with E-state index in [1.807, 2.05) is 6.92 Å². The molecule has 2 N–H and O–H groups in total. The second-order valence-electron chi connectivity index (χ2n) is 4.56. The zero-order valence-electron chi connectivity index (χ0n) is 9.82. The molecule has 1 fully saturated rings. The zero-order valence-corrected chi connectivity index (χ0v) is 9.82. The van der Waals surface area contributed by atoms with Crippen LogP contribution in [-0.4, -0.2) is 18.4 Å². The minimum absolute atomic E-state index is 0.00967. The van der Waals surface area contributed by atoms with Gasteiger partial charge in [0, 0.05) is 18.0 Å². The Morgan fingerprint density at radius 1 is 1.29 bits per heavy atom. The Hall–Kier alpha value is -1.26. The van der Waals surface area contributed by atoms with Crippen molar-refractivity contribution in [2.45, 2.75) is 31.8 Å². The van der Waals surface area contributed by atoms with Crippen LogP contribution in [0.4, 0.5) is 4.39 Å². The molecule has 1 aliphatic heterocycles. The summed E-state index contributed by atoms with van der Waals surface area (Å²) in [5, 5.41) is 0. The van der Waals surface area contributed by atoms with Crippen LogP contribution in [0.25, 0.3) is 0 Å². The molecule has 0 amide bonds. The number of rotatable bonds is 4. The van der Waals surface area contributed by atoms with Gasteiger partial charge in [0.05, 0.1) is 0 Å². The fourth-order valence-electron chi connectivity index (χ4n) is 2.23. The maximum atomic E-state index is 12.7. The molecule has 0 aromatic heterocycles. The summed E-state index contributed by atoms with van der Waals surface area (Å²) in [6, 6.07) is 6.84. The van der Waals surface area contributed by atoms with Crippen molar-refractivity contribution in [2.24, 2.45) is 5.92 Å². The topological polar surface area (TPSA) is 41.1 Å². The van der Waals surface area contributed by atoms with Crippen LogP contribution in [0.3, 0.4) is 0 Å². The van der Waals surface area contributed by atoms with E-state index in [2.05, 4.69) is 10.9 Å². The maximum absolute atomic E-state index is 12.7. The molecule has 0 aliphatic carbocycles. The first kappa shape index (κ1) is 12.2. The Morgan fingerprint density at radius 2 is 2.00 bits per heavy atom. The molecule has 1 heterocycles. The van der Waals surface area contributed by atoms with Crippen LogP contribution in [0.2, 0.25) is 0 Å². The predicted molar refractivity (Wildman–Crippen MR) is 63.8 cm³/mol. The van der Waals surface area contributed by atoms with E-state index in [4.69, 9.17) is 0 Å². The number of hydrogen-bond donors (Lipinski definition) is 2. The van der Waals surface area contributed by atoms with E-state index in [-0.39, 0.29) is 23.8 Å². The fraction of sp³-hybridized carbons (Fsp3) is 0.462. The Kier molecular flexibility index (Phi) is 3.86. The van der Waals surface area contributed by atoms with Crippen molar-refractivity contribution >= 4 is 6.29 Å². The van der Waals surface area contributed by atoms with Gasteiger partial charge in [-0.15, -0.1) is 0 Å². The average Bonchev–Trinajstić information content (AvgIpc) is 2.69. The van der Waals surface area contributed by atoms with E-state index >= 15 is 0 Å². The molecule has 1 aliphatic rings. The molecular formula is C13H17FN2O. The minimum Gasteiger partial charge on any atom is -0.303 e. The highest BCUT2D eigenvalue weighted by Gasteiger charge is 2.31. The molecule has 2 rings (SSSR count). The molecule has 3 unspecified atom stereocenters. The van der Waals surface area contributed by atoms with Gasteiger partial charge in [0.1, 0.15) is 12.1 Å². The quantitative estimate of drug-likeness (QED) is 0.777. The van der Waals surface area contributed by atoms with Crippen LogP contribution in [0.15, 0.2) is 24.3 Å². The van der Waals surface area contributed by atoms with Crippen molar-refractivity contribution < 1.29 is 9.18 Å². The number of carbonyl (C=O) groups excluding carboxylic acids is 1. The van der Waals surface area contributed by atoms with Gasteiger partial charge >= 0.3 is 0 Å². The molecule has 0 bridgehead atoms. The van der Waals surface area contributed by atoms with Crippen molar-refractivity contribution in [3.05, 3.63) is 35.6 Å². The molecule has 3 nitrogen and oxygen atoms in total. The smallest absolute Gasteiger partial charge is 0.126 e. The molecule has 0 radical (unpaired) electrons. The van der Waals surface area contributed by atoms with Crippen molar-refractivity contribution in [3.8, 4) is 0 Å². The van der Waals surface area contributed by atoms with Crippen LogP contribution in [0.1, 0.15) is 18.9 Å². The van der Waals surface area contributed by atoms with Gasteiger partial charge in [0.15, 0.2) is 0 Å². The minimum atomic E-state index is -0.214. The number of halogens is 1. The highest BCUT2D eigenvalue weighted by atomic mass is 19.1. The van der Waals surface area contributed by atoms with Gasteiger partial charge in [0.25, 0.3) is 0 Å². The zero-order chi connectivity index (χ0) is 12.3. The summed E-state index contributed by atoms with van der Waals surface area (Å²) in [7, 11) is 0. The van der Waals surface area contributed by atoms with Gasteiger partial charge in [-0.05, 0) is 37.5 Å². The van der Waals surface area contributed by atoms with Crippen LogP contribution in [0, 0.1) is 11.7 Å². The van der Waals surface area contributed by atoms with E-state index < -0.39 is 0 Å². The SMILES string of the molecule is CC1NNC(CCc2ccc(F)cc2)C1C=O. The second-order valence-corrected chi connectivity index (χ2v) is 4.56. The Balaban J connectivity index is 1.90. The summed E-state index contributed by atoms with van der Waals surface area (Å²) in [6.45, 7) is 1.99. The van der Waals surface area contributed by atoms with Crippen molar-refractivity contribution in [2.75, 3.05) is 0 Å². The summed E-state index contributed by atoms with van der Waals surface area (Å²) in [5.41, 5.74) is 7.30. The normalized spacial score (nSPS) is 28.2. The van der Waals surface area contributed by atoms with E-state index in [0.29, 0.717) is 0 Å². The molecule has 4 heteroatoms. The average molecular weight is 236 g/mol. The van der Waals surface area contributed by atoms with Crippen LogP contribution < -0.4 is 10.9 Å². The van der Waals surface area contributed by atoms with Gasteiger partial charge in [-0.1, -0.05) is 12.1 Å². The van der Waals surface area contributed by atoms with E-state index in [1.54, 1.807) is 12.1 Å². The third-order valence-corrected chi connectivity index (χ3v) is 3.35. The standard InChI is InChI=1S/C13H17FN2O/c1-9-12(8-17)13(16-15-9)7-4-10-2-5-11(14)6-3-10/h2-3,5-6,8-9,12-13,15-16H,4,7H2,1H3. The lowest BCUT2D eigenvalue weighted by Crippen LogP contribution is -2.32. The lowest BCUT2D eigenvalue weighted by molar-refractivity contribution is -0.111. The molecule has 0 spiro atoms. The third kappa shape index (κ3) is 2.90. The molecule has 1 aromatic rings. The van der Waals surface area contributed by atoms with Gasteiger partial charge in [-0.3, -0.25) is 10.9 Å². The largest absolute Gasteiger partial charge is 0.303 e. The number of hydrogen-bond acceptors (Lipinski definition) is 3. The number of aryl methyl sites for hydroxylation is 1. The fourth-order valence-corrected chi connectivity index (χ4v) is 2.23. The van der Waals surface area contributed by atoms with E-state index in [9.17, 15) is 9.18 Å². The van der Waals surface area contributed by atoms with E-state index in [0.717, 1.165) is 24.7 Å². The molecular weight excluding hydrogens is 219 g/mol. The first-order valence-corrected chi connectivity index (χ1v) is 5.91. The van der Waals surface area contributed by atoms with Crippen LogP contribution in [-0.2, 0) is 11.2 Å². The summed E-state index contributed by atoms with van der Waals surface area (Å²) in [6.07, 6.45) is 2.72. The molecule has 92 valence electrons. The first-order valence-electron chi connectivity index (χ1n) is 5.91. The highest BCUT2D eigenvalue weighted by Crippen LogP contribution is 2.17. The number of nitrogens with one attached hydrogen (secondary N) is 2. The Bertz CT molecular complexity index is 380. The molecule has 0 saturated carbocycles. The molecule has 3 atom stereocenters. The summed E-state index contributed by atoms with van der Waals surface area (Å²) >= 11 is 0. The maximum Gasteiger partial charge on any atom is 0.126 e. The van der Waals surface area contributed by atoms with Crippen molar-refractivity contribution in [3.63, 3.8) is 0 Å². The summed E-state index contributed by atoms with van der Waals surface area (Å²) < 4.78 is 12.7. The van der Waals surface area contributed by atoms with Gasteiger partial charge in [-0.25, -0.2) is 4.39 Å². The van der Waals surface area contributed by atoms with Crippen molar-refractivity contribution in [1.29, 1.82) is 0 Å². The molecule has 1 saturated heterocycles. The number of aldehydes is 1. The Labute approximate surface area is 100 Å². The predicted octanol–water partition coefficient (Wildman–Crippen LogP) is 1.44. The molecule has 1 aromatic carbocycles. The van der Waals surface area contributed by atoms with Gasteiger partial charge in [-0.2, -0.15) is 0 Å². The monoisotopic (exact) mass is 236 g/mol. The summed E-state index contributed by atoms with van der Waals surface area (Å²) in [5.74, 6) is -0.204. The number of carbonyl (C=O) groups is 1. The van der Waals surface area contributed by atoms with Crippen molar-refractivity contribution in [1.82, 2.24) is 10.9 Å². The molecule has 17 heavy (non-hydrogen) atoms. The van der Waals surface area contributed by atoms with Gasteiger partial charge < -0.3 is 4.79 Å². The summed E-state index contributed by atoms with van der Waals surface area (Å²) in [4.78, 5) is 11.0. The van der Waals surface area contributed by atoms with Gasteiger partial charge in [0.2, 0.25) is 0 Å². The highest BCUT2D eigenvalue weighted by molar-refractivity contribution is 5.56. The van der Waals surface area contributed by atoms with Crippen LogP contribution in [0.5, 0.6) is 0 Å². The van der Waals surface area contributed by atoms with Crippen LogP contribution >= 0.6 is 0 Å². The number of benzene rings is 1. The lowest BCUT2D eigenvalue weighted by atomic mass is 9.92. The lowest BCUT2D eigenvalue weighted by Gasteiger charge is -2.14. The Morgan fingerprint density at radius 3 is 2.65 bits per heavy atom.